The Bertz CT molecular complexity index is 537. The fourth-order valence-electron chi connectivity index (χ4n) is 1.93. The molecule has 1 unspecified atom stereocenters. The van der Waals surface area contributed by atoms with Gasteiger partial charge in [-0.05, 0) is 31.5 Å². The predicted octanol–water partition coefficient (Wildman–Crippen LogP) is 3.85. The number of hydrogen-bond acceptors (Lipinski definition) is 3. The number of rotatable bonds is 5. The first kappa shape index (κ1) is 17.6. The number of amides is 2. The summed E-state index contributed by atoms with van der Waals surface area (Å²) < 4.78 is 4.73. The van der Waals surface area contributed by atoms with E-state index in [2.05, 4.69) is 10.6 Å². The van der Waals surface area contributed by atoms with E-state index >= 15 is 0 Å². The lowest BCUT2D eigenvalue weighted by molar-refractivity contribution is -0.147. The molecule has 116 valence electrons. The van der Waals surface area contributed by atoms with Crippen LogP contribution in [0.2, 0.25) is 10.0 Å². The lowest BCUT2D eigenvalue weighted by Gasteiger charge is -2.27. The Morgan fingerprint density at radius 2 is 1.95 bits per heavy atom. The first-order valence-corrected chi connectivity index (χ1v) is 7.20. The van der Waals surface area contributed by atoms with Crippen molar-refractivity contribution in [1.29, 1.82) is 0 Å². The van der Waals surface area contributed by atoms with Crippen molar-refractivity contribution in [3.05, 3.63) is 28.2 Å². The number of ether oxygens (including phenoxy) is 1. The molecule has 1 aromatic carbocycles. The molecule has 21 heavy (non-hydrogen) atoms. The van der Waals surface area contributed by atoms with Crippen LogP contribution in [0.1, 0.15) is 26.7 Å². The number of carbonyl (C=O) groups is 2. The minimum absolute atomic E-state index is 0.332. The molecule has 2 N–H and O–H groups in total. The molecule has 0 saturated carbocycles. The van der Waals surface area contributed by atoms with Gasteiger partial charge in [-0.25, -0.2) is 9.59 Å². The maximum atomic E-state index is 12.0. The van der Waals surface area contributed by atoms with Crippen LogP contribution in [0.25, 0.3) is 0 Å². The standard InChI is InChI=1S/C14H18Cl2N2O3/c1-4-7-14(2,12(19)21-3)18-13(20)17-9-5-6-10(15)11(16)8-9/h5-6,8H,4,7H2,1-3H3,(H2,17,18,20). The number of nitrogens with one attached hydrogen (secondary N) is 2. The Hall–Kier alpha value is -1.46. The Labute approximate surface area is 133 Å². The van der Waals surface area contributed by atoms with Gasteiger partial charge in [0, 0.05) is 5.69 Å². The van der Waals surface area contributed by atoms with Crippen LogP contribution in [0, 0.1) is 0 Å². The van der Waals surface area contributed by atoms with Gasteiger partial charge in [0.2, 0.25) is 0 Å². The van der Waals surface area contributed by atoms with Crippen molar-refractivity contribution in [2.75, 3.05) is 12.4 Å². The summed E-state index contributed by atoms with van der Waals surface area (Å²) in [6.07, 6.45) is 1.19. The molecule has 0 spiro atoms. The van der Waals surface area contributed by atoms with Crippen LogP contribution in [0.5, 0.6) is 0 Å². The second-order valence-electron chi connectivity index (χ2n) is 4.78. The van der Waals surface area contributed by atoms with Crippen molar-refractivity contribution in [3.8, 4) is 0 Å². The first-order valence-electron chi connectivity index (χ1n) is 6.45. The van der Waals surface area contributed by atoms with E-state index in [1.165, 1.54) is 13.2 Å². The highest BCUT2D eigenvalue weighted by Gasteiger charge is 2.35. The predicted molar refractivity (Wildman–Crippen MR) is 83.9 cm³/mol. The second-order valence-corrected chi connectivity index (χ2v) is 5.60. The molecule has 1 atom stereocenters. The Balaban J connectivity index is 2.78. The third kappa shape index (κ3) is 4.79. The van der Waals surface area contributed by atoms with Gasteiger partial charge in [-0.2, -0.15) is 0 Å². The largest absolute Gasteiger partial charge is 0.467 e. The van der Waals surface area contributed by atoms with E-state index in [0.29, 0.717) is 22.2 Å². The van der Waals surface area contributed by atoms with Gasteiger partial charge in [0.15, 0.2) is 0 Å². The van der Waals surface area contributed by atoms with Gasteiger partial charge in [0.05, 0.1) is 17.2 Å². The van der Waals surface area contributed by atoms with Crippen LogP contribution < -0.4 is 10.6 Å². The van der Waals surface area contributed by atoms with E-state index in [4.69, 9.17) is 27.9 Å². The average molecular weight is 333 g/mol. The highest BCUT2D eigenvalue weighted by atomic mass is 35.5. The van der Waals surface area contributed by atoms with Crippen molar-refractivity contribution < 1.29 is 14.3 Å². The summed E-state index contributed by atoms with van der Waals surface area (Å²) in [5.41, 5.74) is -0.602. The second kappa shape index (κ2) is 7.52. The van der Waals surface area contributed by atoms with E-state index < -0.39 is 17.5 Å². The number of anilines is 1. The minimum atomic E-state index is -1.08. The number of halogens is 2. The van der Waals surface area contributed by atoms with E-state index in [0.717, 1.165) is 6.42 Å². The van der Waals surface area contributed by atoms with E-state index in [9.17, 15) is 9.59 Å². The summed E-state index contributed by atoms with van der Waals surface area (Å²) in [4.78, 5) is 23.8. The molecule has 1 aromatic rings. The monoisotopic (exact) mass is 332 g/mol. The van der Waals surface area contributed by atoms with Gasteiger partial charge in [-0.3, -0.25) is 0 Å². The minimum Gasteiger partial charge on any atom is -0.467 e. The van der Waals surface area contributed by atoms with Gasteiger partial charge >= 0.3 is 12.0 Å². The van der Waals surface area contributed by atoms with Crippen molar-refractivity contribution in [3.63, 3.8) is 0 Å². The molecule has 0 radical (unpaired) electrons. The van der Waals surface area contributed by atoms with E-state index in [1.807, 2.05) is 6.92 Å². The van der Waals surface area contributed by atoms with Gasteiger partial charge in [0.25, 0.3) is 0 Å². The third-order valence-corrected chi connectivity index (χ3v) is 3.69. The van der Waals surface area contributed by atoms with Gasteiger partial charge in [-0.15, -0.1) is 0 Å². The van der Waals surface area contributed by atoms with Gasteiger partial charge in [-0.1, -0.05) is 36.5 Å². The number of hydrogen-bond donors (Lipinski definition) is 2. The van der Waals surface area contributed by atoms with Gasteiger partial charge in [0.1, 0.15) is 5.54 Å². The van der Waals surface area contributed by atoms with Crippen LogP contribution >= 0.6 is 23.2 Å². The number of benzene rings is 1. The SMILES string of the molecule is CCCC(C)(NC(=O)Nc1ccc(Cl)c(Cl)c1)C(=O)OC. The quantitative estimate of drug-likeness (QED) is 0.805. The van der Waals surface area contributed by atoms with Crippen molar-refractivity contribution in [2.24, 2.45) is 0 Å². The average Bonchev–Trinajstić information content (AvgIpc) is 2.42. The lowest BCUT2D eigenvalue weighted by atomic mass is 9.96. The number of methoxy groups -OCH3 is 1. The molecule has 0 aromatic heterocycles. The van der Waals surface area contributed by atoms with Crippen LogP contribution in [0.15, 0.2) is 18.2 Å². The molecule has 0 aliphatic rings. The molecule has 1 rings (SSSR count). The zero-order chi connectivity index (χ0) is 16.0. The molecular formula is C14H18Cl2N2O3. The fourth-order valence-corrected chi connectivity index (χ4v) is 2.23. The van der Waals surface area contributed by atoms with Crippen molar-refractivity contribution in [2.45, 2.75) is 32.2 Å². The number of esters is 1. The summed E-state index contributed by atoms with van der Waals surface area (Å²) in [6.45, 7) is 3.54. The molecule has 0 aliphatic carbocycles. The topological polar surface area (TPSA) is 67.4 Å². The Kier molecular flexibility index (Phi) is 6.30. The van der Waals surface area contributed by atoms with Crippen molar-refractivity contribution >= 4 is 40.9 Å². The fraction of sp³-hybridized carbons (Fsp3) is 0.429. The Morgan fingerprint density at radius 1 is 1.29 bits per heavy atom. The molecule has 5 nitrogen and oxygen atoms in total. The summed E-state index contributed by atoms with van der Waals surface area (Å²) >= 11 is 11.7. The van der Waals surface area contributed by atoms with Crippen LogP contribution in [0.4, 0.5) is 10.5 Å². The summed E-state index contributed by atoms with van der Waals surface area (Å²) in [6, 6.07) is 4.20. The molecule has 0 bridgehead atoms. The highest BCUT2D eigenvalue weighted by Crippen LogP contribution is 2.25. The molecular weight excluding hydrogens is 315 g/mol. The number of urea groups is 1. The molecule has 0 aliphatic heterocycles. The third-order valence-electron chi connectivity index (χ3n) is 2.95. The molecule has 0 heterocycles. The normalized spacial score (nSPS) is 13.2. The maximum Gasteiger partial charge on any atom is 0.331 e. The molecule has 0 fully saturated rings. The maximum absolute atomic E-state index is 12.0. The first-order chi connectivity index (χ1) is 9.82. The van der Waals surface area contributed by atoms with Crippen LogP contribution in [-0.4, -0.2) is 24.6 Å². The van der Waals surface area contributed by atoms with E-state index in [-0.39, 0.29) is 0 Å². The summed E-state index contributed by atoms with van der Waals surface area (Å²) in [5.74, 6) is -0.492. The smallest absolute Gasteiger partial charge is 0.331 e. The molecule has 2 amide bonds. The van der Waals surface area contributed by atoms with Crippen molar-refractivity contribution in [1.82, 2.24) is 5.32 Å². The lowest BCUT2D eigenvalue weighted by Crippen LogP contribution is -2.54. The number of carbonyl (C=O) groups excluding carboxylic acids is 2. The zero-order valence-corrected chi connectivity index (χ0v) is 13.6. The molecule has 7 heteroatoms. The van der Waals surface area contributed by atoms with E-state index in [1.54, 1.807) is 19.1 Å². The summed E-state index contributed by atoms with van der Waals surface area (Å²) in [5, 5.41) is 5.96. The summed E-state index contributed by atoms with van der Waals surface area (Å²) in [7, 11) is 1.29. The van der Waals surface area contributed by atoms with Gasteiger partial charge < -0.3 is 15.4 Å². The highest BCUT2D eigenvalue weighted by molar-refractivity contribution is 6.42. The van der Waals surface area contributed by atoms with Crippen LogP contribution in [0.3, 0.4) is 0 Å². The Morgan fingerprint density at radius 3 is 2.48 bits per heavy atom. The molecule has 0 saturated heterocycles. The van der Waals surface area contributed by atoms with Crippen LogP contribution in [-0.2, 0) is 9.53 Å². The zero-order valence-electron chi connectivity index (χ0n) is 12.1.